The van der Waals surface area contributed by atoms with Gasteiger partial charge in [0.15, 0.2) is 5.96 Å². The Bertz CT molecular complexity index is 771. The minimum atomic E-state index is 0. The van der Waals surface area contributed by atoms with E-state index in [0.29, 0.717) is 12.5 Å². The van der Waals surface area contributed by atoms with Crippen molar-refractivity contribution >= 4 is 40.9 Å². The fraction of sp³-hybridized carbons (Fsp3) is 0.591. The van der Waals surface area contributed by atoms with E-state index in [-0.39, 0.29) is 24.0 Å². The maximum absolute atomic E-state index is 5.99. The number of benzene rings is 1. The van der Waals surface area contributed by atoms with Crippen LogP contribution in [0.15, 0.2) is 33.7 Å². The van der Waals surface area contributed by atoms with Crippen molar-refractivity contribution in [2.75, 3.05) is 33.2 Å². The lowest BCUT2D eigenvalue weighted by Gasteiger charge is -2.34. The number of piperidine rings is 1. The molecular weight excluding hydrogens is 463 g/mol. The number of para-hydroxylation sites is 1. The first-order valence-electron chi connectivity index (χ1n) is 10.2. The van der Waals surface area contributed by atoms with Crippen LogP contribution in [-0.4, -0.2) is 44.1 Å². The Morgan fingerprint density at radius 1 is 1.29 bits per heavy atom. The fourth-order valence-corrected chi connectivity index (χ4v) is 4.02. The first kappa shape index (κ1) is 23.0. The van der Waals surface area contributed by atoms with Gasteiger partial charge < -0.3 is 20.0 Å². The maximum atomic E-state index is 5.99. The third-order valence-electron chi connectivity index (χ3n) is 5.37. The molecule has 156 valence electrons. The Labute approximate surface area is 186 Å². The first-order chi connectivity index (χ1) is 13.1. The summed E-state index contributed by atoms with van der Waals surface area (Å²) in [6, 6.07) is 8.19. The van der Waals surface area contributed by atoms with Gasteiger partial charge >= 0.3 is 0 Å². The molecule has 6 heteroatoms. The molecule has 1 aliphatic heterocycles. The van der Waals surface area contributed by atoms with Crippen molar-refractivity contribution in [1.29, 1.82) is 0 Å². The van der Waals surface area contributed by atoms with Gasteiger partial charge in [0, 0.05) is 37.6 Å². The highest BCUT2D eigenvalue weighted by Crippen LogP contribution is 2.24. The number of fused-ring (bicyclic) bond motifs is 1. The summed E-state index contributed by atoms with van der Waals surface area (Å²) in [5, 5.41) is 8.09. The lowest BCUT2D eigenvalue weighted by molar-refractivity contribution is 0.159. The number of likely N-dealkylation sites (tertiary alicyclic amines) is 1. The zero-order valence-electron chi connectivity index (χ0n) is 17.6. The Hall–Kier alpha value is -1.28. The third-order valence-corrected chi connectivity index (χ3v) is 5.37. The maximum Gasteiger partial charge on any atom is 0.191 e. The van der Waals surface area contributed by atoms with E-state index >= 15 is 0 Å². The van der Waals surface area contributed by atoms with Gasteiger partial charge in [-0.2, -0.15) is 0 Å². The predicted octanol–water partition coefficient (Wildman–Crippen LogP) is 4.39. The SMILES string of the molecule is CN=C(NCc1oc2ccccc2c1C)NCC1CCCN(CC(C)C)C1.I. The molecule has 1 aliphatic rings. The summed E-state index contributed by atoms with van der Waals surface area (Å²) < 4.78 is 5.99. The molecule has 3 rings (SSSR count). The summed E-state index contributed by atoms with van der Waals surface area (Å²) in [5.41, 5.74) is 2.15. The van der Waals surface area contributed by atoms with E-state index < -0.39 is 0 Å². The molecule has 5 nitrogen and oxygen atoms in total. The second-order valence-electron chi connectivity index (χ2n) is 8.11. The predicted molar refractivity (Wildman–Crippen MR) is 129 cm³/mol. The van der Waals surface area contributed by atoms with Gasteiger partial charge in [0.1, 0.15) is 11.3 Å². The summed E-state index contributed by atoms with van der Waals surface area (Å²) in [4.78, 5) is 6.98. The lowest BCUT2D eigenvalue weighted by atomic mass is 9.97. The molecule has 2 N–H and O–H groups in total. The number of halogens is 1. The largest absolute Gasteiger partial charge is 0.459 e. The van der Waals surface area contributed by atoms with Crippen LogP contribution >= 0.6 is 24.0 Å². The van der Waals surface area contributed by atoms with Gasteiger partial charge in [0.05, 0.1) is 6.54 Å². The molecule has 1 unspecified atom stereocenters. The van der Waals surface area contributed by atoms with E-state index in [1.807, 2.05) is 19.2 Å². The van der Waals surface area contributed by atoms with E-state index in [9.17, 15) is 0 Å². The molecule has 0 spiro atoms. The van der Waals surface area contributed by atoms with Crippen LogP contribution in [0.2, 0.25) is 0 Å². The smallest absolute Gasteiger partial charge is 0.191 e. The number of nitrogens with one attached hydrogen (secondary N) is 2. The van der Waals surface area contributed by atoms with E-state index in [2.05, 4.69) is 53.4 Å². The number of aliphatic imine (C=N–C) groups is 1. The molecule has 28 heavy (non-hydrogen) atoms. The standard InChI is InChI=1S/C22H34N4O.HI/c1-16(2)14-26-11-7-8-18(15-26)12-24-22(23-4)25-13-21-17(3)19-9-5-6-10-20(19)27-21;/h5-6,9-10,16,18H,7-8,11-15H2,1-4H3,(H2,23,24,25);1H. The quantitative estimate of drug-likeness (QED) is 0.353. The number of guanidine groups is 1. The Morgan fingerprint density at radius 2 is 2.07 bits per heavy atom. The minimum absolute atomic E-state index is 0. The van der Waals surface area contributed by atoms with Gasteiger partial charge in [0.25, 0.3) is 0 Å². The van der Waals surface area contributed by atoms with Crippen LogP contribution in [0.4, 0.5) is 0 Å². The number of aryl methyl sites for hydroxylation is 1. The summed E-state index contributed by atoms with van der Waals surface area (Å²) in [5.74, 6) is 3.23. The van der Waals surface area contributed by atoms with Crippen molar-refractivity contribution < 1.29 is 4.42 Å². The van der Waals surface area contributed by atoms with Crippen LogP contribution in [0.25, 0.3) is 11.0 Å². The van der Waals surface area contributed by atoms with Crippen molar-refractivity contribution in [3.8, 4) is 0 Å². The zero-order chi connectivity index (χ0) is 19.2. The fourth-order valence-electron chi connectivity index (χ4n) is 4.02. The van der Waals surface area contributed by atoms with Crippen LogP contribution < -0.4 is 10.6 Å². The highest BCUT2D eigenvalue weighted by Gasteiger charge is 2.20. The van der Waals surface area contributed by atoms with Gasteiger partial charge in [0.2, 0.25) is 0 Å². The molecule has 0 amide bonds. The number of rotatable bonds is 6. The molecule has 2 heterocycles. The average Bonchev–Trinajstić information content (AvgIpc) is 2.98. The van der Waals surface area contributed by atoms with Crippen LogP contribution in [0, 0.1) is 18.8 Å². The monoisotopic (exact) mass is 498 g/mol. The van der Waals surface area contributed by atoms with E-state index in [1.165, 1.54) is 43.4 Å². The van der Waals surface area contributed by atoms with Gasteiger partial charge in [-0.3, -0.25) is 4.99 Å². The highest BCUT2D eigenvalue weighted by atomic mass is 127. The van der Waals surface area contributed by atoms with Crippen LogP contribution in [0.1, 0.15) is 38.0 Å². The average molecular weight is 498 g/mol. The number of nitrogens with zero attached hydrogens (tertiary/aromatic N) is 2. The molecule has 1 atom stereocenters. The summed E-state index contributed by atoms with van der Waals surface area (Å²) in [7, 11) is 1.83. The van der Waals surface area contributed by atoms with Gasteiger partial charge in [-0.05, 0) is 44.2 Å². The number of hydrogen-bond acceptors (Lipinski definition) is 3. The summed E-state index contributed by atoms with van der Waals surface area (Å²) >= 11 is 0. The first-order valence-corrected chi connectivity index (χ1v) is 10.2. The molecule has 0 radical (unpaired) electrons. The Kier molecular flexibility index (Phi) is 9.08. The molecule has 1 aromatic heterocycles. The molecular formula is C22H35IN4O. The van der Waals surface area contributed by atoms with Gasteiger partial charge in [-0.15, -0.1) is 24.0 Å². The van der Waals surface area contributed by atoms with Crippen molar-refractivity contribution in [2.24, 2.45) is 16.8 Å². The summed E-state index contributed by atoms with van der Waals surface area (Å²) in [6.07, 6.45) is 2.59. The second-order valence-corrected chi connectivity index (χ2v) is 8.11. The number of hydrogen-bond donors (Lipinski definition) is 2. The van der Waals surface area contributed by atoms with Crippen LogP contribution in [-0.2, 0) is 6.54 Å². The Balaban J connectivity index is 0.00000280. The topological polar surface area (TPSA) is 52.8 Å². The van der Waals surface area contributed by atoms with E-state index in [4.69, 9.17) is 4.42 Å². The second kappa shape index (κ2) is 11.0. The van der Waals surface area contributed by atoms with Crippen LogP contribution in [0.5, 0.6) is 0 Å². The number of furan rings is 1. The highest BCUT2D eigenvalue weighted by molar-refractivity contribution is 14.0. The van der Waals surface area contributed by atoms with Crippen LogP contribution in [0.3, 0.4) is 0 Å². The van der Waals surface area contributed by atoms with Crippen molar-refractivity contribution in [3.63, 3.8) is 0 Å². The van der Waals surface area contributed by atoms with Crippen molar-refractivity contribution in [3.05, 3.63) is 35.6 Å². The van der Waals surface area contributed by atoms with E-state index in [1.54, 1.807) is 0 Å². The van der Waals surface area contributed by atoms with E-state index in [0.717, 1.165) is 29.8 Å². The molecule has 0 bridgehead atoms. The molecule has 2 aromatic rings. The van der Waals surface area contributed by atoms with Gasteiger partial charge in [-0.25, -0.2) is 0 Å². The molecule has 1 fully saturated rings. The minimum Gasteiger partial charge on any atom is -0.459 e. The Morgan fingerprint density at radius 3 is 2.79 bits per heavy atom. The molecule has 0 saturated carbocycles. The third kappa shape index (κ3) is 6.11. The summed E-state index contributed by atoms with van der Waals surface area (Å²) in [6.45, 7) is 12.0. The van der Waals surface area contributed by atoms with Gasteiger partial charge in [-0.1, -0.05) is 32.0 Å². The normalized spacial score (nSPS) is 18.3. The zero-order valence-corrected chi connectivity index (χ0v) is 20.0. The van der Waals surface area contributed by atoms with Crippen molar-refractivity contribution in [2.45, 2.75) is 40.2 Å². The van der Waals surface area contributed by atoms with Crippen molar-refractivity contribution in [1.82, 2.24) is 15.5 Å². The molecule has 1 saturated heterocycles. The molecule has 0 aliphatic carbocycles. The molecule has 1 aromatic carbocycles. The lowest BCUT2D eigenvalue weighted by Crippen LogP contribution is -2.45.